The van der Waals surface area contributed by atoms with Crippen LogP contribution in [0.3, 0.4) is 0 Å². The molecule has 1 amide bonds. The predicted molar refractivity (Wildman–Crippen MR) is 63.2 cm³/mol. The fraction of sp³-hybridized carbons (Fsp3) is 0.462. The number of rotatable bonds is 3. The third kappa shape index (κ3) is 2.62. The Bertz CT molecular complexity index is 470. The Morgan fingerprint density at radius 3 is 2.82 bits per heavy atom. The SMILES string of the molecule is CC1(C)CC1CNC(=O)c1ccc(C#N)cn1. The lowest BCUT2D eigenvalue weighted by Gasteiger charge is -2.05. The van der Waals surface area contributed by atoms with Crippen LogP contribution in [0.2, 0.25) is 0 Å². The summed E-state index contributed by atoms with van der Waals surface area (Å²) in [6, 6.07) is 5.15. The van der Waals surface area contributed by atoms with E-state index >= 15 is 0 Å². The van der Waals surface area contributed by atoms with E-state index in [-0.39, 0.29) is 5.91 Å². The first-order valence-electron chi connectivity index (χ1n) is 5.67. The molecule has 1 aliphatic rings. The van der Waals surface area contributed by atoms with Crippen molar-refractivity contribution in [3.05, 3.63) is 29.6 Å². The van der Waals surface area contributed by atoms with Crippen molar-refractivity contribution in [1.29, 1.82) is 5.26 Å². The maximum Gasteiger partial charge on any atom is 0.269 e. The summed E-state index contributed by atoms with van der Waals surface area (Å²) < 4.78 is 0. The quantitative estimate of drug-likeness (QED) is 0.858. The van der Waals surface area contributed by atoms with Crippen LogP contribution >= 0.6 is 0 Å². The number of nitrogens with zero attached hydrogens (tertiary/aromatic N) is 2. The minimum Gasteiger partial charge on any atom is -0.350 e. The van der Waals surface area contributed by atoms with Crippen molar-refractivity contribution < 1.29 is 4.79 Å². The highest BCUT2D eigenvalue weighted by Crippen LogP contribution is 2.50. The Hall–Kier alpha value is -1.89. The molecule has 0 saturated heterocycles. The largest absolute Gasteiger partial charge is 0.350 e. The Balaban J connectivity index is 1.89. The Morgan fingerprint density at radius 2 is 2.35 bits per heavy atom. The predicted octanol–water partition coefficient (Wildman–Crippen LogP) is 1.73. The van der Waals surface area contributed by atoms with E-state index in [1.165, 1.54) is 6.20 Å². The van der Waals surface area contributed by atoms with Gasteiger partial charge in [-0.05, 0) is 29.9 Å². The van der Waals surface area contributed by atoms with Gasteiger partial charge in [0.15, 0.2) is 0 Å². The van der Waals surface area contributed by atoms with E-state index < -0.39 is 0 Å². The highest BCUT2D eigenvalue weighted by Gasteiger charge is 2.45. The van der Waals surface area contributed by atoms with Crippen LogP contribution in [-0.2, 0) is 0 Å². The zero-order valence-corrected chi connectivity index (χ0v) is 10.0. The molecule has 0 spiro atoms. The standard InChI is InChI=1S/C13H15N3O/c1-13(2)5-10(13)8-16-12(17)11-4-3-9(6-14)7-15-11/h3-4,7,10H,5,8H2,1-2H3,(H,16,17). The van der Waals surface area contributed by atoms with E-state index in [0.717, 1.165) is 6.42 Å². The van der Waals surface area contributed by atoms with E-state index in [0.29, 0.717) is 29.1 Å². The van der Waals surface area contributed by atoms with Crippen LogP contribution in [0, 0.1) is 22.7 Å². The van der Waals surface area contributed by atoms with Crippen LogP contribution in [0.1, 0.15) is 36.3 Å². The molecule has 17 heavy (non-hydrogen) atoms. The molecule has 4 nitrogen and oxygen atoms in total. The van der Waals surface area contributed by atoms with Gasteiger partial charge in [0.25, 0.3) is 5.91 Å². The van der Waals surface area contributed by atoms with Crippen molar-refractivity contribution in [2.45, 2.75) is 20.3 Å². The third-order valence-corrected chi connectivity index (χ3v) is 3.35. The number of hydrogen-bond acceptors (Lipinski definition) is 3. The summed E-state index contributed by atoms with van der Waals surface area (Å²) in [4.78, 5) is 15.7. The lowest BCUT2D eigenvalue weighted by atomic mass is 10.1. The Morgan fingerprint density at radius 1 is 1.65 bits per heavy atom. The number of nitriles is 1. The number of hydrogen-bond donors (Lipinski definition) is 1. The van der Waals surface area contributed by atoms with Crippen LogP contribution in [0.4, 0.5) is 0 Å². The molecule has 88 valence electrons. The molecule has 1 unspecified atom stereocenters. The van der Waals surface area contributed by atoms with Gasteiger partial charge >= 0.3 is 0 Å². The maximum atomic E-state index is 11.7. The van der Waals surface area contributed by atoms with Gasteiger partial charge in [-0.1, -0.05) is 13.8 Å². The molecular weight excluding hydrogens is 214 g/mol. The molecule has 1 saturated carbocycles. The van der Waals surface area contributed by atoms with E-state index in [1.807, 2.05) is 6.07 Å². The summed E-state index contributed by atoms with van der Waals surface area (Å²) >= 11 is 0. The van der Waals surface area contributed by atoms with Gasteiger partial charge in [-0.15, -0.1) is 0 Å². The van der Waals surface area contributed by atoms with Gasteiger partial charge in [0.05, 0.1) is 5.56 Å². The third-order valence-electron chi connectivity index (χ3n) is 3.35. The molecule has 0 radical (unpaired) electrons. The first-order chi connectivity index (χ1) is 8.03. The minimum atomic E-state index is -0.169. The summed E-state index contributed by atoms with van der Waals surface area (Å²) in [5.41, 5.74) is 1.19. The topological polar surface area (TPSA) is 65.8 Å². The molecular formula is C13H15N3O. The molecule has 1 heterocycles. The highest BCUT2D eigenvalue weighted by molar-refractivity contribution is 5.92. The summed E-state index contributed by atoms with van der Waals surface area (Å²) in [5.74, 6) is 0.405. The van der Waals surface area contributed by atoms with E-state index in [1.54, 1.807) is 12.1 Å². The van der Waals surface area contributed by atoms with Crippen molar-refractivity contribution in [2.75, 3.05) is 6.54 Å². The van der Waals surface area contributed by atoms with Crippen molar-refractivity contribution in [3.8, 4) is 6.07 Å². The van der Waals surface area contributed by atoms with Crippen LogP contribution in [-0.4, -0.2) is 17.4 Å². The molecule has 4 heteroatoms. The van der Waals surface area contributed by atoms with Crippen molar-refractivity contribution in [1.82, 2.24) is 10.3 Å². The first kappa shape index (κ1) is 11.6. The number of carbonyl (C=O) groups excluding carboxylic acids is 1. The van der Waals surface area contributed by atoms with Gasteiger partial charge in [-0.3, -0.25) is 4.79 Å². The first-order valence-corrected chi connectivity index (χ1v) is 5.67. The summed E-state index contributed by atoms with van der Waals surface area (Å²) in [7, 11) is 0. The molecule has 2 rings (SSSR count). The lowest BCUT2D eigenvalue weighted by Crippen LogP contribution is -2.27. The second-order valence-corrected chi connectivity index (χ2v) is 5.14. The average Bonchev–Trinajstić information content (AvgIpc) is 2.94. The monoisotopic (exact) mass is 229 g/mol. The molecule has 0 bridgehead atoms. The number of aromatic nitrogens is 1. The molecule has 0 aromatic carbocycles. The van der Waals surface area contributed by atoms with Gasteiger partial charge in [-0.25, -0.2) is 4.98 Å². The Labute approximate surface area is 101 Å². The van der Waals surface area contributed by atoms with Crippen LogP contribution < -0.4 is 5.32 Å². The molecule has 0 aliphatic heterocycles. The minimum absolute atomic E-state index is 0.169. The van der Waals surface area contributed by atoms with E-state index in [4.69, 9.17) is 5.26 Å². The number of pyridine rings is 1. The second-order valence-electron chi connectivity index (χ2n) is 5.14. The van der Waals surface area contributed by atoms with Crippen molar-refractivity contribution in [2.24, 2.45) is 11.3 Å². The second kappa shape index (κ2) is 4.17. The molecule has 1 fully saturated rings. The maximum absolute atomic E-state index is 11.7. The molecule has 1 atom stereocenters. The summed E-state index contributed by atoms with van der Waals surface area (Å²) in [6.45, 7) is 5.10. The fourth-order valence-corrected chi connectivity index (χ4v) is 1.83. The van der Waals surface area contributed by atoms with Gasteiger partial charge in [0.2, 0.25) is 0 Å². The number of nitrogens with one attached hydrogen (secondary N) is 1. The number of carbonyl (C=O) groups is 1. The molecule has 1 N–H and O–H groups in total. The molecule has 1 aliphatic carbocycles. The lowest BCUT2D eigenvalue weighted by molar-refractivity contribution is 0.0945. The van der Waals surface area contributed by atoms with Crippen molar-refractivity contribution in [3.63, 3.8) is 0 Å². The van der Waals surface area contributed by atoms with Crippen LogP contribution in [0.15, 0.2) is 18.3 Å². The van der Waals surface area contributed by atoms with E-state index in [2.05, 4.69) is 24.1 Å². The van der Waals surface area contributed by atoms with Gasteiger partial charge in [0, 0.05) is 12.7 Å². The fourth-order valence-electron chi connectivity index (χ4n) is 1.83. The highest BCUT2D eigenvalue weighted by atomic mass is 16.1. The molecule has 1 aromatic rings. The Kier molecular flexibility index (Phi) is 2.84. The van der Waals surface area contributed by atoms with E-state index in [9.17, 15) is 4.79 Å². The zero-order chi connectivity index (χ0) is 12.5. The normalized spacial score (nSPS) is 20.4. The smallest absolute Gasteiger partial charge is 0.269 e. The van der Waals surface area contributed by atoms with Gasteiger partial charge in [-0.2, -0.15) is 5.26 Å². The summed E-state index contributed by atoms with van der Waals surface area (Å²) in [5, 5.41) is 11.5. The summed E-state index contributed by atoms with van der Waals surface area (Å²) in [6.07, 6.45) is 2.57. The van der Waals surface area contributed by atoms with Crippen molar-refractivity contribution >= 4 is 5.91 Å². The number of amides is 1. The zero-order valence-electron chi connectivity index (χ0n) is 10.0. The van der Waals surface area contributed by atoms with Gasteiger partial charge < -0.3 is 5.32 Å². The van der Waals surface area contributed by atoms with Crippen LogP contribution in [0.5, 0.6) is 0 Å². The van der Waals surface area contributed by atoms with Crippen LogP contribution in [0.25, 0.3) is 0 Å². The molecule has 1 aromatic heterocycles. The average molecular weight is 229 g/mol. The van der Waals surface area contributed by atoms with Gasteiger partial charge in [0.1, 0.15) is 11.8 Å².